The molecule has 0 bridgehead atoms. The Morgan fingerprint density at radius 3 is 2.87 bits per heavy atom. The summed E-state index contributed by atoms with van der Waals surface area (Å²) in [6.45, 7) is 0.326. The van der Waals surface area contributed by atoms with Crippen molar-refractivity contribution < 1.29 is 13.2 Å². The number of nitrogens with zero attached hydrogens (tertiary/aromatic N) is 1. The molecule has 0 spiro atoms. The second kappa shape index (κ2) is 3.63. The molecule has 0 aliphatic carbocycles. The number of nitrogens with one attached hydrogen (secondary N) is 3. The summed E-state index contributed by atoms with van der Waals surface area (Å²) in [5, 5.41) is 8.46. The summed E-state index contributed by atoms with van der Waals surface area (Å²) in [7, 11) is -3.58. The first-order valence-corrected chi connectivity index (χ1v) is 5.84. The fourth-order valence-electron chi connectivity index (χ4n) is 1.36. The molecule has 0 saturated carbocycles. The van der Waals surface area contributed by atoms with Crippen LogP contribution in [-0.4, -0.2) is 37.1 Å². The molecule has 0 radical (unpaired) electrons. The maximum absolute atomic E-state index is 11.6. The summed E-state index contributed by atoms with van der Waals surface area (Å²) in [4.78, 5) is 10.9. The van der Waals surface area contributed by atoms with E-state index in [4.69, 9.17) is 0 Å². The predicted molar refractivity (Wildman–Crippen MR) is 50.3 cm³/mol. The summed E-state index contributed by atoms with van der Waals surface area (Å²) >= 11 is 0. The van der Waals surface area contributed by atoms with E-state index < -0.39 is 10.0 Å². The third-order valence-electron chi connectivity index (χ3n) is 2.06. The lowest BCUT2D eigenvalue weighted by atomic mass is 10.3. The van der Waals surface area contributed by atoms with Gasteiger partial charge in [-0.3, -0.25) is 9.89 Å². The van der Waals surface area contributed by atoms with E-state index in [0.717, 1.165) is 0 Å². The van der Waals surface area contributed by atoms with Crippen LogP contribution in [0.25, 0.3) is 0 Å². The first-order chi connectivity index (χ1) is 7.08. The van der Waals surface area contributed by atoms with Gasteiger partial charge in [-0.1, -0.05) is 0 Å². The molecule has 8 heteroatoms. The van der Waals surface area contributed by atoms with Crippen LogP contribution in [0.1, 0.15) is 6.42 Å². The molecular formula is C7H10N4O3S. The second-order valence-corrected chi connectivity index (χ2v) is 4.93. The van der Waals surface area contributed by atoms with Crippen LogP contribution in [0.3, 0.4) is 0 Å². The number of hydrogen-bond acceptors (Lipinski definition) is 4. The summed E-state index contributed by atoms with van der Waals surface area (Å²) in [6.07, 6.45) is 1.53. The van der Waals surface area contributed by atoms with Gasteiger partial charge in [0.1, 0.15) is 0 Å². The Balaban J connectivity index is 2.09. The molecule has 1 amide bonds. The lowest BCUT2D eigenvalue weighted by molar-refractivity contribution is -0.119. The van der Waals surface area contributed by atoms with Crippen molar-refractivity contribution in [3.8, 4) is 0 Å². The molecule has 1 aromatic heterocycles. The Morgan fingerprint density at radius 1 is 1.53 bits per heavy atom. The normalized spacial score (nSPS) is 21.6. The van der Waals surface area contributed by atoms with Crippen LogP contribution in [0.4, 0.5) is 0 Å². The molecule has 2 heterocycles. The smallest absolute Gasteiger partial charge is 0.257 e. The molecule has 0 aromatic carbocycles. The number of sulfonamides is 1. The van der Waals surface area contributed by atoms with Gasteiger partial charge in [-0.05, 0) is 6.07 Å². The lowest BCUT2D eigenvalue weighted by Gasteiger charge is -2.08. The lowest BCUT2D eigenvalue weighted by Crippen LogP contribution is -2.36. The first kappa shape index (κ1) is 10.1. The van der Waals surface area contributed by atoms with Gasteiger partial charge in [0, 0.05) is 19.0 Å². The third kappa shape index (κ3) is 2.16. The quantitative estimate of drug-likeness (QED) is 0.592. The van der Waals surface area contributed by atoms with E-state index in [2.05, 4.69) is 20.2 Å². The molecule has 2 rings (SSSR count). The average Bonchev–Trinajstić information content (AvgIpc) is 2.75. The zero-order valence-corrected chi connectivity index (χ0v) is 8.54. The molecule has 1 fully saturated rings. The largest absolute Gasteiger partial charge is 0.354 e. The van der Waals surface area contributed by atoms with Crippen molar-refractivity contribution in [2.45, 2.75) is 17.5 Å². The summed E-state index contributed by atoms with van der Waals surface area (Å²) < 4.78 is 25.7. The van der Waals surface area contributed by atoms with E-state index in [1.165, 1.54) is 12.3 Å². The van der Waals surface area contributed by atoms with Crippen LogP contribution in [0.15, 0.2) is 17.3 Å². The predicted octanol–water partition coefficient (Wildman–Crippen LogP) is -1.42. The van der Waals surface area contributed by atoms with E-state index in [0.29, 0.717) is 6.54 Å². The van der Waals surface area contributed by atoms with Crippen molar-refractivity contribution in [2.24, 2.45) is 0 Å². The Labute approximate surface area is 86.3 Å². The highest BCUT2D eigenvalue weighted by Crippen LogP contribution is 2.07. The molecule has 3 N–H and O–H groups in total. The van der Waals surface area contributed by atoms with Gasteiger partial charge in [-0.2, -0.15) is 5.10 Å². The van der Waals surface area contributed by atoms with Crippen LogP contribution in [0, 0.1) is 0 Å². The van der Waals surface area contributed by atoms with Crippen molar-refractivity contribution >= 4 is 15.9 Å². The third-order valence-corrected chi connectivity index (χ3v) is 3.51. The van der Waals surface area contributed by atoms with Gasteiger partial charge in [0.2, 0.25) is 5.91 Å². The Bertz CT molecular complexity index is 453. The highest BCUT2D eigenvalue weighted by Gasteiger charge is 2.27. The van der Waals surface area contributed by atoms with Crippen molar-refractivity contribution in [3.05, 3.63) is 12.3 Å². The van der Waals surface area contributed by atoms with Crippen LogP contribution >= 0.6 is 0 Å². The highest BCUT2D eigenvalue weighted by molar-refractivity contribution is 7.89. The van der Waals surface area contributed by atoms with Crippen molar-refractivity contribution in [3.63, 3.8) is 0 Å². The van der Waals surface area contributed by atoms with Crippen LogP contribution in [0.5, 0.6) is 0 Å². The molecule has 1 aliphatic heterocycles. The van der Waals surface area contributed by atoms with Crippen molar-refractivity contribution in [1.29, 1.82) is 0 Å². The molecule has 1 atom stereocenters. The number of aromatic amines is 1. The summed E-state index contributed by atoms with van der Waals surface area (Å²) in [5.74, 6) is -0.146. The average molecular weight is 230 g/mol. The van der Waals surface area contributed by atoms with E-state index in [1.807, 2.05) is 0 Å². The minimum atomic E-state index is -3.58. The van der Waals surface area contributed by atoms with Gasteiger partial charge in [0.05, 0.1) is 6.20 Å². The standard InChI is InChI=1S/C7H10N4O3S/c12-6-3-5(4-8-6)11-15(13,14)7-1-2-9-10-7/h1-2,5,11H,3-4H2,(H,8,12)(H,9,10). The molecule has 7 nitrogen and oxygen atoms in total. The van der Waals surface area contributed by atoms with Gasteiger partial charge in [0.15, 0.2) is 5.03 Å². The van der Waals surface area contributed by atoms with Crippen molar-refractivity contribution in [2.75, 3.05) is 6.54 Å². The van der Waals surface area contributed by atoms with E-state index in [9.17, 15) is 13.2 Å². The fourth-order valence-corrected chi connectivity index (χ4v) is 2.51. The number of rotatable bonds is 3. The highest BCUT2D eigenvalue weighted by atomic mass is 32.2. The van der Waals surface area contributed by atoms with Gasteiger partial charge in [0.25, 0.3) is 10.0 Å². The Hall–Kier alpha value is -1.41. The van der Waals surface area contributed by atoms with Gasteiger partial charge >= 0.3 is 0 Å². The minimum Gasteiger partial charge on any atom is -0.354 e. The summed E-state index contributed by atoms with van der Waals surface area (Å²) in [6, 6.07) is 0.970. The number of H-pyrrole nitrogens is 1. The van der Waals surface area contributed by atoms with E-state index in [1.54, 1.807) is 0 Å². The molecule has 1 aliphatic rings. The fraction of sp³-hybridized carbons (Fsp3) is 0.429. The van der Waals surface area contributed by atoms with Gasteiger partial charge in [-0.15, -0.1) is 0 Å². The number of carbonyl (C=O) groups is 1. The Kier molecular flexibility index (Phi) is 2.45. The number of carbonyl (C=O) groups excluding carboxylic acids is 1. The van der Waals surface area contributed by atoms with Gasteiger partial charge in [-0.25, -0.2) is 13.1 Å². The Morgan fingerprint density at radius 2 is 2.33 bits per heavy atom. The minimum absolute atomic E-state index is 0.00171. The number of hydrogen-bond donors (Lipinski definition) is 3. The topological polar surface area (TPSA) is 104 Å². The number of amides is 1. The first-order valence-electron chi connectivity index (χ1n) is 4.36. The van der Waals surface area contributed by atoms with E-state index >= 15 is 0 Å². The van der Waals surface area contributed by atoms with Crippen LogP contribution in [0.2, 0.25) is 0 Å². The molecule has 1 unspecified atom stereocenters. The SMILES string of the molecule is O=C1CC(NS(=O)(=O)c2ccn[nH]2)CN1. The second-order valence-electron chi connectivity index (χ2n) is 3.25. The molecule has 1 saturated heterocycles. The molecule has 82 valence electrons. The molecular weight excluding hydrogens is 220 g/mol. The maximum atomic E-state index is 11.6. The van der Waals surface area contributed by atoms with Crippen LogP contribution in [-0.2, 0) is 14.8 Å². The van der Waals surface area contributed by atoms with Crippen LogP contribution < -0.4 is 10.0 Å². The van der Waals surface area contributed by atoms with Crippen molar-refractivity contribution in [1.82, 2.24) is 20.2 Å². The maximum Gasteiger partial charge on any atom is 0.257 e. The number of aromatic nitrogens is 2. The van der Waals surface area contributed by atoms with Gasteiger partial charge < -0.3 is 5.32 Å². The zero-order valence-electron chi connectivity index (χ0n) is 7.73. The molecule has 1 aromatic rings. The molecule has 15 heavy (non-hydrogen) atoms. The monoisotopic (exact) mass is 230 g/mol. The van der Waals surface area contributed by atoms with E-state index in [-0.39, 0.29) is 23.4 Å². The zero-order chi connectivity index (χ0) is 10.9. The summed E-state index contributed by atoms with van der Waals surface area (Å²) in [5.41, 5.74) is 0.